The number of aliphatic hydroxyl groups is 1. The topological polar surface area (TPSA) is 53.4 Å². The molecular weight excluding hydrogens is 308 g/mol. The number of rotatable bonds is 4. The fourth-order valence-electron chi connectivity index (χ4n) is 2.98. The van der Waals surface area contributed by atoms with E-state index in [1.165, 1.54) is 9.71 Å². The summed E-state index contributed by atoms with van der Waals surface area (Å²) in [5, 5.41) is 11.1. The molecule has 1 saturated heterocycles. The molecule has 2 heterocycles. The minimum absolute atomic E-state index is 0.0777. The van der Waals surface area contributed by atoms with E-state index < -0.39 is 6.10 Å². The molecule has 1 aliphatic heterocycles. The van der Waals surface area contributed by atoms with Crippen molar-refractivity contribution in [2.24, 2.45) is 5.92 Å². The molecule has 4 nitrogen and oxygen atoms in total. The maximum Gasteiger partial charge on any atom is 0.225 e. The maximum absolute atomic E-state index is 12.2. The van der Waals surface area contributed by atoms with Crippen molar-refractivity contribution in [2.45, 2.75) is 45.1 Å². The molecule has 1 unspecified atom stereocenters. The van der Waals surface area contributed by atoms with Gasteiger partial charge in [-0.05, 0) is 30.9 Å². The smallest absolute Gasteiger partial charge is 0.225 e. The van der Waals surface area contributed by atoms with Crippen molar-refractivity contribution in [3.8, 4) is 0 Å². The lowest BCUT2D eigenvalue weighted by Crippen LogP contribution is -2.39. The average Bonchev–Trinajstić information content (AvgIpc) is 2.98. The van der Waals surface area contributed by atoms with E-state index in [1.807, 2.05) is 30.9 Å². The molecule has 1 aromatic carbocycles. The number of carbonyl (C=O) groups excluding carboxylic acids is 1. The minimum Gasteiger partial charge on any atom is -0.392 e. The van der Waals surface area contributed by atoms with Crippen LogP contribution in [-0.4, -0.2) is 40.1 Å². The summed E-state index contributed by atoms with van der Waals surface area (Å²) in [6.45, 7) is 5.42. The second-order valence-electron chi connectivity index (χ2n) is 6.69. The normalized spacial score (nSPS) is 17.8. The summed E-state index contributed by atoms with van der Waals surface area (Å²) in [5.41, 5.74) is 1.08. The van der Waals surface area contributed by atoms with Gasteiger partial charge in [-0.15, -0.1) is 11.3 Å². The van der Waals surface area contributed by atoms with Gasteiger partial charge < -0.3 is 10.0 Å². The van der Waals surface area contributed by atoms with Crippen molar-refractivity contribution in [1.29, 1.82) is 0 Å². The highest BCUT2D eigenvalue weighted by Gasteiger charge is 2.27. The van der Waals surface area contributed by atoms with Gasteiger partial charge in [0.1, 0.15) is 0 Å². The summed E-state index contributed by atoms with van der Waals surface area (Å²) in [6, 6.07) is 8.24. The van der Waals surface area contributed by atoms with Crippen LogP contribution in [0.3, 0.4) is 0 Å². The van der Waals surface area contributed by atoms with Crippen molar-refractivity contribution in [1.82, 2.24) is 9.88 Å². The number of para-hydroxylation sites is 1. The van der Waals surface area contributed by atoms with Crippen LogP contribution in [-0.2, 0) is 4.79 Å². The number of aliphatic hydroxyl groups excluding tert-OH is 1. The largest absolute Gasteiger partial charge is 0.392 e. The Kier molecular flexibility index (Phi) is 4.97. The predicted molar refractivity (Wildman–Crippen MR) is 93.6 cm³/mol. The van der Waals surface area contributed by atoms with Crippen LogP contribution in [0.1, 0.15) is 44.0 Å². The Balaban J connectivity index is 1.58. The van der Waals surface area contributed by atoms with Gasteiger partial charge >= 0.3 is 0 Å². The van der Waals surface area contributed by atoms with Gasteiger partial charge in [-0.2, -0.15) is 0 Å². The van der Waals surface area contributed by atoms with Gasteiger partial charge in [0, 0.05) is 19.0 Å². The number of benzene rings is 1. The van der Waals surface area contributed by atoms with E-state index in [2.05, 4.69) is 12.1 Å². The van der Waals surface area contributed by atoms with E-state index in [1.54, 1.807) is 11.3 Å². The van der Waals surface area contributed by atoms with E-state index in [0.29, 0.717) is 5.92 Å². The number of fused-ring (bicyclic) bond motifs is 1. The zero-order chi connectivity index (χ0) is 16.4. The summed E-state index contributed by atoms with van der Waals surface area (Å²) < 4.78 is 1.24. The fourth-order valence-corrected chi connectivity index (χ4v) is 4.12. The first kappa shape index (κ1) is 16.4. The minimum atomic E-state index is -0.538. The van der Waals surface area contributed by atoms with E-state index in [9.17, 15) is 9.90 Å². The Labute approximate surface area is 141 Å². The standard InChI is InChI=1S/C18H24N2O2S/c1-12(2)15(21)11-17(22)20-9-7-13(8-10-20)18-19-14-5-3-4-6-16(14)23-18/h3-6,12-13,15,21H,7-11H2,1-2H3. The van der Waals surface area contributed by atoms with E-state index >= 15 is 0 Å². The van der Waals surface area contributed by atoms with Gasteiger partial charge in [-0.1, -0.05) is 26.0 Å². The Morgan fingerprint density at radius 1 is 1.35 bits per heavy atom. The first-order valence-electron chi connectivity index (χ1n) is 8.36. The molecule has 0 saturated carbocycles. The van der Waals surface area contributed by atoms with Crippen LogP contribution < -0.4 is 0 Å². The number of hydrogen-bond donors (Lipinski definition) is 1. The third kappa shape index (κ3) is 3.72. The molecule has 0 spiro atoms. The summed E-state index contributed by atoms with van der Waals surface area (Å²) in [4.78, 5) is 18.9. The molecule has 23 heavy (non-hydrogen) atoms. The Hall–Kier alpha value is -1.46. The van der Waals surface area contributed by atoms with Crippen molar-refractivity contribution in [3.05, 3.63) is 29.3 Å². The Morgan fingerprint density at radius 3 is 2.70 bits per heavy atom. The van der Waals surface area contributed by atoms with Gasteiger partial charge in [-0.25, -0.2) is 4.98 Å². The van der Waals surface area contributed by atoms with E-state index in [4.69, 9.17) is 4.98 Å². The molecule has 1 fully saturated rings. The number of aromatic nitrogens is 1. The number of likely N-dealkylation sites (tertiary alicyclic amines) is 1. The molecule has 1 aromatic heterocycles. The molecule has 0 radical (unpaired) electrons. The quantitative estimate of drug-likeness (QED) is 0.933. The Bertz CT molecular complexity index is 641. The molecule has 2 aromatic rings. The van der Waals surface area contributed by atoms with Crippen LogP contribution in [0.25, 0.3) is 10.2 Å². The first-order chi connectivity index (χ1) is 11.0. The lowest BCUT2D eigenvalue weighted by Gasteiger charge is -2.32. The van der Waals surface area contributed by atoms with Gasteiger partial charge in [0.25, 0.3) is 0 Å². The van der Waals surface area contributed by atoms with Crippen molar-refractivity contribution in [2.75, 3.05) is 13.1 Å². The second kappa shape index (κ2) is 6.97. The fraction of sp³-hybridized carbons (Fsp3) is 0.556. The molecule has 5 heteroatoms. The van der Waals surface area contributed by atoms with Crippen LogP contribution in [0.15, 0.2) is 24.3 Å². The van der Waals surface area contributed by atoms with E-state index in [0.717, 1.165) is 31.4 Å². The highest BCUT2D eigenvalue weighted by atomic mass is 32.1. The highest BCUT2D eigenvalue weighted by molar-refractivity contribution is 7.18. The number of hydrogen-bond acceptors (Lipinski definition) is 4. The third-order valence-corrected chi connectivity index (χ3v) is 5.86. The van der Waals surface area contributed by atoms with Crippen LogP contribution >= 0.6 is 11.3 Å². The summed E-state index contributed by atoms with van der Waals surface area (Å²) in [6.07, 6.45) is 1.63. The SMILES string of the molecule is CC(C)C(O)CC(=O)N1CCC(c2nc3ccccc3s2)CC1. The molecule has 1 aliphatic rings. The first-order valence-corrected chi connectivity index (χ1v) is 9.17. The summed E-state index contributed by atoms with van der Waals surface area (Å²) in [7, 11) is 0. The van der Waals surface area contributed by atoms with Crippen molar-refractivity contribution in [3.63, 3.8) is 0 Å². The molecule has 0 bridgehead atoms. The van der Waals surface area contributed by atoms with Crippen LogP contribution in [0.4, 0.5) is 0 Å². The van der Waals surface area contributed by atoms with Gasteiger partial charge in [0.15, 0.2) is 0 Å². The van der Waals surface area contributed by atoms with Gasteiger partial charge in [0.2, 0.25) is 5.91 Å². The number of carbonyl (C=O) groups is 1. The zero-order valence-corrected chi connectivity index (χ0v) is 14.6. The van der Waals surface area contributed by atoms with Gasteiger partial charge in [0.05, 0.1) is 27.7 Å². The number of thiazole rings is 1. The number of nitrogens with zero attached hydrogens (tertiary/aromatic N) is 2. The molecule has 3 rings (SSSR count). The predicted octanol–water partition coefficient (Wildman–Crippen LogP) is 3.41. The van der Waals surface area contributed by atoms with Crippen molar-refractivity contribution >= 4 is 27.5 Å². The van der Waals surface area contributed by atoms with Crippen LogP contribution in [0.2, 0.25) is 0 Å². The summed E-state index contributed by atoms with van der Waals surface area (Å²) >= 11 is 1.77. The van der Waals surface area contributed by atoms with Crippen molar-refractivity contribution < 1.29 is 9.90 Å². The number of amides is 1. The zero-order valence-electron chi connectivity index (χ0n) is 13.7. The molecular formula is C18H24N2O2S. The lowest BCUT2D eigenvalue weighted by molar-refractivity contribution is -0.134. The van der Waals surface area contributed by atoms with E-state index in [-0.39, 0.29) is 18.2 Å². The molecule has 124 valence electrons. The molecule has 1 N–H and O–H groups in total. The summed E-state index contributed by atoms with van der Waals surface area (Å²) in [5.74, 6) is 0.652. The number of piperidine rings is 1. The maximum atomic E-state index is 12.2. The molecule has 0 aliphatic carbocycles. The van der Waals surface area contributed by atoms with Crippen LogP contribution in [0.5, 0.6) is 0 Å². The highest BCUT2D eigenvalue weighted by Crippen LogP contribution is 2.33. The third-order valence-electron chi connectivity index (χ3n) is 4.66. The lowest BCUT2D eigenvalue weighted by atomic mass is 9.96. The monoisotopic (exact) mass is 332 g/mol. The second-order valence-corrected chi connectivity index (χ2v) is 7.75. The molecule has 1 atom stereocenters. The molecule has 1 amide bonds. The average molecular weight is 332 g/mol. The van der Waals surface area contributed by atoms with Gasteiger partial charge in [-0.3, -0.25) is 4.79 Å². The Morgan fingerprint density at radius 2 is 2.04 bits per heavy atom. The van der Waals surface area contributed by atoms with Crippen LogP contribution in [0, 0.1) is 5.92 Å².